The average Bonchev–Trinajstić information content (AvgIpc) is 2.76. The molecule has 2 N–H and O–H groups in total. The van der Waals surface area contributed by atoms with E-state index in [9.17, 15) is 13.5 Å². The predicted octanol–water partition coefficient (Wildman–Crippen LogP) is 5.27. The summed E-state index contributed by atoms with van der Waals surface area (Å²) in [7, 11) is -3.84. The van der Waals surface area contributed by atoms with Crippen molar-refractivity contribution in [3.05, 3.63) is 107 Å². The number of halogens is 1. The van der Waals surface area contributed by atoms with Gasteiger partial charge in [0, 0.05) is 21.4 Å². The smallest absolute Gasteiger partial charge is 0.241 e. The second kappa shape index (κ2) is 7.87. The van der Waals surface area contributed by atoms with Crippen molar-refractivity contribution in [1.82, 2.24) is 4.72 Å². The number of rotatable bonds is 5. The number of phenolic OH excluding ortho intramolecular Hbond substituents is 1. The van der Waals surface area contributed by atoms with E-state index >= 15 is 0 Å². The molecule has 0 aromatic heterocycles. The van der Waals surface area contributed by atoms with Crippen LogP contribution in [0.25, 0.3) is 10.8 Å². The molecule has 0 aliphatic rings. The maximum absolute atomic E-state index is 13.0. The molecule has 0 heterocycles. The number of nitrogens with one attached hydrogen (secondary N) is 1. The summed E-state index contributed by atoms with van der Waals surface area (Å²) in [5.74, 6) is -0.00499. The molecule has 0 amide bonds. The number of phenols is 1. The Hall–Kier alpha value is -2.86. The Labute approximate surface area is 174 Å². The minimum atomic E-state index is -3.84. The maximum Gasteiger partial charge on any atom is 0.241 e. The zero-order valence-corrected chi connectivity index (χ0v) is 16.9. The van der Waals surface area contributed by atoms with Crippen LogP contribution in [0.4, 0.5) is 0 Å². The van der Waals surface area contributed by atoms with Crippen molar-refractivity contribution >= 4 is 32.4 Å². The van der Waals surface area contributed by atoms with Crippen molar-refractivity contribution in [2.45, 2.75) is 10.9 Å². The summed E-state index contributed by atoms with van der Waals surface area (Å²) in [6.07, 6.45) is 0. The van der Waals surface area contributed by atoms with Crippen molar-refractivity contribution in [1.29, 1.82) is 0 Å². The molecule has 4 rings (SSSR count). The van der Waals surface area contributed by atoms with Crippen LogP contribution in [0, 0.1) is 0 Å². The number of sulfonamides is 1. The first kappa shape index (κ1) is 19.5. The molecule has 4 aromatic carbocycles. The van der Waals surface area contributed by atoms with Gasteiger partial charge >= 0.3 is 0 Å². The minimum absolute atomic E-state index is 0.00499. The Kier molecular flexibility index (Phi) is 5.28. The van der Waals surface area contributed by atoms with Crippen LogP contribution in [0.5, 0.6) is 5.75 Å². The third-order valence-electron chi connectivity index (χ3n) is 4.77. The topological polar surface area (TPSA) is 66.4 Å². The second-order valence-corrected chi connectivity index (χ2v) is 8.74. The molecule has 29 heavy (non-hydrogen) atoms. The third kappa shape index (κ3) is 3.85. The molecule has 0 aliphatic heterocycles. The quantitative estimate of drug-likeness (QED) is 0.459. The van der Waals surface area contributed by atoms with E-state index in [1.165, 1.54) is 12.1 Å². The highest BCUT2D eigenvalue weighted by molar-refractivity contribution is 7.89. The normalized spacial score (nSPS) is 12.7. The molecule has 0 saturated heterocycles. The maximum atomic E-state index is 13.0. The van der Waals surface area contributed by atoms with E-state index in [0.29, 0.717) is 26.9 Å². The SMILES string of the molecule is O=S(=O)(N[C@@H](c1ccccc1)c1cc(Cl)c2ccccc2c1O)c1ccccc1. The lowest BCUT2D eigenvalue weighted by Crippen LogP contribution is -2.29. The van der Waals surface area contributed by atoms with E-state index in [-0.39, 0.29) is 10.6 Å². The van der Waals surface area contributed by atoms with Crippen molar-refractivity contribution in [2.75, 3.05) is 0 Å². The summed E-state index contributed by atoms with van der Waals surface area (Å²) in [6, 6.07) is 25.2. The summed E-state index contributed by atoms with van der Waals surface area (Å²) in [6.45, 7) is 0. The molecule has 0 aliphatic carbocycles. The van der Waals surface area contributed by atoms with Crippen molar-refractivity contribution in [3.8, 4) is 5.75 Å². The highest BCUT2D eigenvalue weighted by Crippen LogP contribution is 2.39. The largest absolute Gasteiger partial charge is 0.507 e. The first-order chi connectivity index (χ1) is 14.0. The van der Waals surface area contributed by atoms with Gasteiger partial charge in [-0.15, -0.1) is 0 Å². The fraction of sp³-hybridized carbons (Fsp3) is 0.0435. The second-order valence-electron chi connectivity index (χ2n) is 6.62. The molecule has 0 bridgehead atoms. The molecular formula is C23H18ClNO3S. The Morgan fingerprint density at radius 1 is 0.793 bits per heavy atom. The minimum Gasteiger partial charge on any atom is -0.507 e. The Bertz CT molecular complexity index is 1260. The summed E-state index contributed by atoms with van der Waals surface area (Å²) in [5.41, 5.74) is 1.08. The van der Waals surface area contributed by atoms with Crippen LogP contribution in [-0.2, 0) is 10.0 Å². The van der Waals surface area contributed by atoms with E-state index in [1.807, 2.05) is 30.3 Å². The monoisotopic (exact) mass is 423 g/mol. The van der Waals surface area contributed by atoms with Crippen molar-refractivity contribution in [3.63, 3.8) is 0 Å². The average molecular weight is 424 g/mol. The van der Waals surface area contributed by atoms with Crippen molar-refractivity contribution in [2.24, 2.45) is 0 Å². The van der Waals surface area contributed by atoms with Crippen LogP contribution in [0.15, 0.2) is 95.9 Å². The fourth-order valence-electron chi connectivity index (χ4n) is 3.34. The number of hydrogen-bond acceptors (Lipinski definition) is 3. The van der Waals surface area contributed by atoms with Gasteiger partial charge in [-0.3, -0.25) is 0 Å². The lowest BCUT2D eigenvalue weighted by Gasteiger charge is -2.22. The number of aromatic hydroxyl groups is 1. The van der Waals surface area contributed by atoms with Gasteiger partial charge in [0.1, 0.15) is 5.75 Å². The van der Waals surface area contributed by atoms with Crippen LogP contribution in [0.3, 0.4) is 0 Å². The van der Waals surface area contributed by atoms with E-state index in [1.54, 1.807) is 48.5 Å². The van der Waals surface area contributed by atoms with Crippen LogP contribution in [0.1, 0.15) is 17.2 Å². The van der Waals surface area contributed by atoms with Crippen molar-refractivity contribution < 1.29 is 13.5 Å². The molecule has 4 aromatic rings. The molecule has 146 valence electrons. The molecule has 0 radical (unpaired) electrons. The van der Waals surface area contributed by atoms with Crippen LogP contribution < -0.4 is 4.72 Å². The number of hydrogen-bond donors (Lipinski definition) is 2. The lowest BCUT2D eigenvalue weighted by atomic mass is 9.95. The summed E-state index contributed by atoms with van der Waals surface area (Å²) < 4.78 is 28.8. The molecule has 1 atom stereocenters. The van der Waals surface area contributed by atoms with E-state index in [0.717, 1.165) is 0 Å². The van der Waals surface area contributed by atoms with Gasteiger partial charge in [-0.05, 0) is 23.8 Å². The standard InChI is InChI=1S/C23H18ClNO3S/c24-21-15-20(23(26)19-14-8-7-13-18(19)21)22(16-9-3-1-4-10-16)25-29(27,28)17-11-5-2-6-12-17/h1-15,22,25-26H/t22-/m0/s1. The molecule has 0 fully saturated rings. The van der Waals surface area contributed by atoms with E-state index in [4.69, 9.17) is 11.6 Å². The van der Waals surface area contributed by atoms with E-state index < -0.39 is 16.1 Å². The molecule has 0 unspecified atom stereocenters. The highest BCUT2D eigenvalue weighted by Gasteiger charge is 2.26. The fourth-order valence-corrected chi connectivity index (χ4v) is 4.84. The van der Waals surface area contributed by atoms with Gasteiger partial charge in [-0.25, -0.2) is 8.42 Å². The van der Waals surface area contributed by atoms with E-state index in [2.05, 4.69) is 4.72 Å². The molecule has 6 heteroatoms. The van der Waals surface area contributed by atoms with Gasteiger partial charge in [-0.2, -0.15) is 4.72 Å². The molecule has 0 spiro atoms. The highest BCUT2D eigenvalue weighted by atomic mass is 35.5. The van der Waals surface area contributed by atoms with Gasteiger partial charge in [0.05, 0.1) is 10.9 Å². The molecule has 0 saturated carbocycles. The third-order valence-corrected chi connectivity index (χ3v) is 6.52. The number of fused-ring (bicyclic) bond motifs is 1. The predicted molar refractivity (Wildman–Crippen MR) is 116 cm³/mol. The molecular weight excluding hydrogens is 406 g/mol. The van der Waals surface area contributed by atoms with Gasteiger partial charge in [-0.1, -0.05) is 84.4 Å². The Morgan fingerprint density at radius 2 is 1.34 bits per heavy atom. The first-order valence-electron chi connectivity index (χ1n) is 9.00. The van der Waals surface area contributed by atoms with Crippen LogP contribution in [0.2, 0.25) is 5.02 Å². The van der Waals surface area contributed by atoms with Crippen LogP contribution >= 0.6 is 11.6 Å². The van der Waals surface area contributed by atoms with Gasteiger partial charge < -0.3 is 5.11 Å². The first-order valence-corrected chi connectivity index (χ1v) is 10.9. The molecule has 4 nitrogen and oxygen atoms in total. The van der Waals surface area contributed by atoms with Crippen LogP contribution in [-0.4, -0.2) is 13.5 Å². The number of benzene rings is 4. The Balaban J connectivity index is 1.89. The zero-order chi connectivity index (χ0) is 20.4. The van der Waals surface area contributed by atoms with Gasteiger partial charge in [0.15, 0.2) is 0 Å². The lowest BCUT2D eigenvalue weighted by molar-refractivity contribution is 0.469. The summed E-state index contributed by atoms with van der Waals surface area (Å²) in [5, 5.41) is 12.7. The summed E-state index contributed by atoms with van der Waals surface area (Å²) >= 11 is 6.47. The van der Waals surface area contributed by atoms with Gasteiger partial charge in [0.25, 0.3) is 0 Å². The van der Waals surface area contributed by atoms with Gasteiger partial charge in [0.2, 0.25) is 10.0 Å². The Morgan fingerprint density at radius 3 is 2.00 bits per heavy atom. The zero-order valence-electron chi connectivity index (χ0n) is 15.3. The summed E-state index contributed by atoms with van der Waals surface area (Å²) in [4.78, 5) is 0.146.